The molecule has 1 aromatic carbocycles. The summed E-state index contributed by atoms with van der Waals surface area (Å²) in [5, 5.41) is 4.58. The number of benzene rings is 1. The summed E-state index contributed by atoms with van der Waals surface area (Å²) >= 11 is 8.67. The average Bonchev–Trinajstić information content (AvgIpc) is 3.25. The van der Waals surface area contributed by atoms with E-state index in [0.717, 1.165) is 26.6 Å². The van der Waals surface area contributed by atoms with Crippen LogP contribution in [0, 0.1) is 0 Å². The molecule has 1 fully saturated rings. The molecule has 104 valence electrons. The van der Waals surface area contributed by atoms with Crippen LogP contribution in [0.25, 0.3) is 0 Å². The second-order valence-corrected chi connectivity index (χ2v) is 7.72. The number of hydrogen-bond donors (Lipinski definition) is 1. The largest absolute Gasteiger partial charge is 0.310 e. The molecule has 1 aliphatic rings. The van der Waals surface area contributed by atoms with Gasteiger partial charge in [-0.05, 0) is 58.6 Å². The van der Waals surface area contributed by atoms with Crippen molar-refractivity contribution >= 4 is 43.6 Å². The first-order chi connectivity index (χ1) is 9.70. The van der Waals surface area contributed by atoms with E-state index < -0.39 is 0 Å². The van der Waals surface area contributed by atoms with E-state index >= 15 is 0 Å². The number of nitrogens with zero attached hydrogens (tertiary/aromatic N) is 1. The van der Waals surface area contributed by atoms with Gasteiger partial charge in [0.1, 0.15) is 5.03 Å². The van der Waals surface area contributed by atoms with E-state index in [4.69, 9.17) is 0 Å². The summed E-state index contributed by atoms with van der Waals surface area (Å²) in [7, 11) is 0. The Morgan fingerprint density at radius 2 is 1.95 bits per heavy atom. The third-order valence-electron chi connectivity index (χ3n) is 3.10. The van der Waals surface area contributed by atoms with Crippen LogP contribution < -0.4 is 5.32 Å². The first-order valence-electron chi connectivity index (χ1n) is 6.52. The lowest BCUT2D eigenvalue weighted by molar-refractivity contribution is 0.680. The van der Waals surface area contributed by atoms with Crippen molar-refractivity contribution in [2.24, 2.45) is 0 Å². The number of hydrogen-bond acceptors (Lipinski definition) is 3. The molecule has 0 saturated heterocycles. The molecule has 20 heavy (non-hydrogen) atoms. The van der Waals surface area contributed by atoms with Gasteiger partial charge in [0, 0.05) is 32.6 Å². The Bertz CT molecular complexity index is 597. The van der Waals surface area contributed by atoms with Gasteiger partial charge in [-0.3, -0.25) is 0 Å². The molecule has 2 nitrogen and oxygen atoms in total. The van der Waals surface area contributed by atoms with Gasteiger partial charge in [0.15, 0.2) is 0 Å². The van der Waals surface area contributed by atoms with E-state index in [1.165, 1.54) is 23.3 Å². The number of rotatable bonds is 5. The van der Waals surface area contributed by atoms with E-state index in [9.17, 15) is 0 Å². The van der Waals surface area contributed by atoms with Gasteiger partial charge in [-0.15, -0.1) is 0 Å². The van der Waals surface area contributed by atoms with Crippen LogP contribution in [0.15, 0.2) is 55.4 Å². The minimum Gasteiger partial charge on any atom is -0.310 e. The zero-order valence-corrected chi connectivity index (χ0v) is 14.8. The molecule has 0 spiro atoms. The molecule has 1 aromatic heterocycles. The third-order valence-corrected chi connectivity index (χ3v) is 5.12. The number of aromatic nitrogens is 1. The van der Waals surface area contributed by atoms with Crippen LogP contribution in [0.5, 0.6) is 0 Å². The van der Waals surface area contributed by atoms with Crippen molar-refractivity contribution in [1.82, 2.24) is 10.3 Å². The highest BCUT2D eigenvalue weighted by atomic mass is 79.9. The van der Waals surface area contributed by atoms with Crippen LogP contribution in [0.3, 0.4) is 0 Å². The van der Waals surface area contributed by atoms with Gasteiger partial charge < -0.3 is 5.32 Å². The minimum atomic E-state index is 0.724. The van der Waals surface area contributed by atoms with Gasteiger partial charge >= 0.3 is 0 Å². The lowest BCUT2D eigenvalue weighted by atomic mass is 10.2. The van der Waals surface area contributed by atoms with E-state index in [1.807, 2.05) is 18.3 Å². The molecule has 1 saturated carbocycles. The van der Waals surface area contributed by atoms with Gasteiger partial charge in [0.05, 0.1) is 0 Å². The first kappa shape index (κ1) is 14.6. The fourth-order valence-electron chi connectivity index (χ4n) is 1.85. The molecule has 0 atom stereocenters. The molecule has 0 bridgehead atoms. The lowest BCUT2D eigenvalue weighted by Gasteiger charge is -2.10. The molecule has 0 radical (unpaired) electrons. The summed E-state index contributed by atoms with van der Waals surface area (Å²) in [5.74, 6) is 0. The van der Waals surface area contributed by atoms with Crippen LogP contribution >= 0.6 is 43.6 Å². The summed E-state index contributed by atoms with van der Waals surface area (Å²) in [6.07, 6.45) is 4.46. The molecule has 1 heterocycles. The maximum Gasteiger partial charge on any atom is 0.101 e. The van der Waals surface area contributed by atoms with Crippen molar-refractivity contribution in [3.05, 3.63) is 51.0 Å². The Morgan fingerprint density at radius 3 is 2.65 bits per heavy atom. The molecule has 0 unspecified atom stereocenters. The fraction of sp³-hybridized carbons (Fsp3) is 0.267. The summed E-state index contributed by atoms with van der Waals surface area (Å²) < 4.78 is 2.11. The van der Waals surface area contributed by atoms with Crippen LogP contribution in [0.1, 0.15) is 18.4 Å². The van der Waals surface area contributed by atoms with Crippen molar-refractivity contribution < 1.29 is 0 Å². The van der Waals surface area contributed by atoms with Gasteiger partial charge in [-0.1, -0.05) is 33.8 Å². The Balaban J connectivity index is 1.78. The smallest absolute Gasteiger partial charge is 0.101 e. The van der Waals surface area contributed by atoms with E-state index in [0.29, 0.717) is 0 Å². The summed E-state index contributed by atoms with van der Waals surface area (Å²) in [5.41, 5.74) is 1.33. The van der Waals surface area contributed by atoms with Crippen molar-refractivity contribution in [3.63, 3.8) is 0 Å². The predicted molar refractivity (Wildman–Crippen MR) is 90.1 cm³/mol. The van der Waals surface area contributed by atoms with E-state index in [1.54, 1.807) is 11.8 Å². The predicted octanol–water partition coefficient (Wildman–Crippen LogP) is 5.01. The van der Waals surface area contributed by atoms with Crippen LogP contribution in [0.4, 0.5) is 0 Å². The molecule has 0 amide bonds. The van der Waals surface area contributed by atoms with E-state index in [2.05, 4.69) is 60.4 Å². The normalized spacial score (nSPS) is 14.5. The second kappa shape index (κ2) is 6.60. The molecule has 5 heteroatoms. The highest BCUT2D eigenvalue weighted by molar-refractivity contribution is 9.10. The van der Waals surface area contributed by atoms with Crippen molar-refractivity contribution in [2.45, 2.75) is 35.3 Å². The van der Waals surface area contributed by atoms with Gasteiger partial charge in [-0.2, -0.15) is 0 Å². The Kier molecular flexibility index (Phi) is 4.81. The van der Waals surface area contributed by atoms with Crippen LogP contribution in [0.2, 0.25) is 0 Å². The topological polar surface area (TPSA) is 24.9 Å². The number of pyridine rings is 1. The summed E-state index contributed by atoms with van der Waals surface area (Å²) in [4.78, 5) is 5.68. The van der Waals surface area contributed by atoms with Gasteiger partial charge in [0.25, 0.3) is 0 Å². The minimum absolute atomic E-state index is 0.724. The molecule has 1 N–H and O–H groups in total. The SMILES string of the molecule is Brc1ccc(Sc2cc(Br)ccc2CNC2CC2)nc1. The second-order valence-electron chi connectivity index (χ2n) is 4.82. The van der Waals surface area contributed by atoms with Gasteiger partial charge in [-0.25, -0.2) is 4.98 Å². The Labute approximate surface area is 140 Å². The van der Waals surface area contributed by atoms with E-state index in [-0.39, 0.29) is 0 Å². The Hall–Kier alpha value is -0.360. The first-order valence-corrected chi connectivity index (χ1v) is 8.92. The zero-order valence-electron chi connectivity index (χ0n) is 10.8. The van der Waals surface area contributed by atoms with Gasteiger partial charge in [0.2, 0.25) is 0 Å². The quantitative estimate of drug-likeness (QED) is 0.745. The molecular weight excluding hydrogens is 400 g/mol. The maximum absolute atomic E-state index is 4.43. The molecule has 1 aliphatic carbocycles. The molecular formula is C15H14Br2N2S. The van der Waals surface area contributed by atoms with Crippen molar-refractivity contribution in [2.75, 3.05) is 0 Å². The van der Waals surface area contributed by atoms with Crippen molar-refractivity contribution in [3.8, 4) is 0 Å². The number of halogens is 2. The highest BCUT2D eigenvalue weighted by Crippen LogP contribution is 2.32. The standard InChI is InChI=1S/C15H14Br2N2S/c16-11-2-1-10(8-18-13-4-5-13)14(7-11)20-15-6-3-12(17)9-19-15/h1-3,6-7,9,13,18H,4-5,8H2. The third kappa shape index (κ3) is 4.07. The molecule has 3 rings (SSSR count). The monoisotopic (exact) mass is 412 g/mol. The highest BCUT2D eigenvalue weighted by Gasteiger charge is 2.20. The molecule has 0 aliphatic heterocycles. The molecule has 2 aromatic rings. The summed E-state index contributed by atoms with van der Waals surface area (Å²) in [6.45, 7) is 0.927. The Morgan fingerprint density at radius 1 is 1.15 bits per heavy atom. The van der Waals surface area contributed by atoms with Crippen LogP contribution in [-0.4, -0.2) is 11.0 Å². The fourth-order valence-corrected chi connectivity index (χ4v) is 3.52. The maximum atomic E-state index is 4.43. The number of nitrogens with one attached hydrogen (secondary N) is 1. The average molecular weight is 414 g/mol. The zero-order chi connectivity index (χ0) is 13.9. The summed E-state index contributed by atoms with van der Waals surface area (Å²) in [6, 6.07) is 11.2. The van der Waals surface area contributed by atoms with Crippen molar-refractivity contribution in [1.29, 1.82) is 0 Å². The lowest BCUT2D eigenvalue weighted by Crippen LogP contribution is -2.15. The van der Waals surface area contributed by atoms with Crippen LogP contribution in [-0.2, 0) is 6.54 Å².